The van der Waals surface area contributed by atoms with Gasteiger partial charge in [0.15, 0.2) is 0 Å². The van der Waals surface area contributed by atoms with Gasteiger partial charge < -0.3 is 5.32 Å². The molecule has 19 heavy (non-hydrogen) atoms. The van der Waals surface area contributed by atoms with Gasteiger partial charge in [-0.15, -0.1) is 11.3 Å². The molecule has 2 aliphatic rings. The highest BCUT2D eigenvalue weighted by atomic mass is 32.1. The molecular formula is C16H26N2S. The fraction of sp³-hybridized carbons (Fsp3) is 0.750. The standard InChI is InChI=1S/C16H26N2S/c1-13(11-14-5-2-3-9-17-14)18(15-7-8-15)12-16-6-4-10-19-16/h4,6,10,13-15,17H,2-3,5,7-9,11-12H2,1H3. The van der Waals surface area contributed by atoms with Gasteiger partial charge in [-0.1, -0.05) is 12.5 Å². The predicted molar refractivity (Wildman–Crippen MR) is 82.6 cm³/mol. The van der Waals surface area contributed by atoms with Crippen LogP contribution in [0.5, 0.6) is 0 Å². The minimum Gasteiger partial charge on any atom is -0.314 e. The van der Waals surface area contributed by atoms with E-state index in [-0.39, 0.29) is 0 Å². The average Bonchev–Trinajstić information content (AvgIpc) is 3.14. The molecule has 2 heterocycles. The van der Waals surface area contributed by atoms with Crippen LogP contribution in [0.15, 0.2) is 17.5 Å². The van der Waals surface area contributed by atoms with Crippen LogP contribution in [0.1, 0.15) is 50.3 Å². The van der Waals surface area contributed by atoms with Crippen molar-refractivity contribution >= 4 is 11.3 Å². The van der Waals surface area contributed by atoms with Crippen molar-refractivity contribution in [2.45, 2.75) is 70.1 Å². The minimum absolute atomic E-state index is 0.713. The Hall–Kier alpha value is -0.380. The minimum atomic E-state index is 0.713. The van der Waals surface area contributed by atoms with Gasteiger partial charge in [0.2, 0.25) is 0 Å². The lowest BCUT2D eigenvalue weighted by Gasteiger charge is -2.33. The number of nitrogens with zero attached hydrogens (tertiary/aromatic N) is 1. The topological polar surface area (TPSA) is 15.3 Å². The van der Waals surface area contributed by atoms with Crippen LogP contribution < -0.4 is 5.32 Å². The van der Waals surface area contributed by atoms with Crippen molar-refractivity contribution in [2.75, 3.05) is 6.54 Å². The van der Waals surface area contributed by atoms with E-state index < -0.39 is 0 Å². The molecule has 0 amide bonds. The van der Waals surface area contributed by atoms with Gasteiger partial charge in [0.05, 0.1) is 0 Å². The Kier molecular flexibility index (Phi) is 4.57. The highest BCUT2D eigenvalue weighted by molar-refractivity contribution is 7.09. The van der Waals surface area contributed by atoms with Crippen molar-refractivity contribution in [3.05, 3.63) is 22.4 Å². The lowest BCUT2D eigenvalue weighted by Crippen LogP contribution is -2.42. The first kappa shape index (κ1) is 13.6. The van der Waals surface area contributed by atoms with Gasteiger partial charge >= 0.3 is 0 Å². The summed E-state index contributed by atoms with van der Waals surface area (Å²) in [5.41, 5.74) is 0. The Balaban J connectivity index is 1.56. The molecule has 2 fully saturated rings. The summed E-state index contributed by atoms with van der Waals surface area (Å²) in [6.45, 7) is 4.82. The SMILES string of the molecule is CC(CC1CCCCN1)N(Cc1cccs1)C1CC1. The van der Waals surface area contributed by atoms with Gasteiger partial charge in [-0.2, -0.15) is 0 Å². The van der Waals surface area contributed by atoms with Crippen LogP contribution in [0.2, 0.25) is 0 Å². The van der Waals surface area contributed by atoms with Crippen LogP contribution in [0.4, 0.5) is 0 Å². The molecule has 1 aromatic rings. The Morgan fingerprint density at radius 1 is 1.37 bits per heavy atom. The molecule has 1 saturated carbocycles. The molecule has 0 radical (unpaired) electrons. The molecule has 1 N–H and O–H groups in total. The molecule has 2 nitrogen and oxygen atoms in total. The summed E-state index contributed by atoms with van der Waals surface area (Å²) < 4.78 is 0. The number of rotatable bonds is 6. The molecule has 1 aliphatic heterocycles. The first-order valence-electron chi connectivity index (χ1n) is 7.84. The number of hydrogen-bond donors (Lipinski definition) is 1. The summed E-state index contributed by atoms with van der Waals surface area (Å²) >= 11 is 1.90. The molecule has 2 atom stereocenters. The van der Waals surface area contributed by atoms with Gasteiger partial charge in [0.25, 0.3) is 0 Å². The molecule has 106 valence electrons. The van der Waals surface area contributed by atoms with Gasteiger partial charge in [-0.3, -0.25) is 4.90 Å². The quantitative estimate of drug-likeness (QED) is 0.855. The van der Waals surface area contributed by atoms with Crippen LogP contribution in [0.25, 0.3) is 0 Å². The molecule has 0 bridgehead atoms. The molecule has 3 heteroatoms. The Morgan fingerprint density at radius 3 is 2.89 bits per heavy atom. The molecular weight excluding hydrogens is 252 g/mol. The van der Waals surface area contributed by atoms with Crippen molar-refractivity contribution in [3.63, 3.8) is 0 Å². The zero-order chi connectivity index (χ0) is 13.1. The van der Waals surface area contributed by atoms with E-state index in [9.17, 15) is 0 Å². The predicted octanol–water partition coefficient (Wildman–Crippen LogP) is 3.63. The lowest BCUT2D eigenvalue weighted by atomic mass is 9.98. The highest BCUT2D eigenvalue weighted by Gasteiger charge is 2.33. The summed E-state index contributed by atoms with van der Waals surface area (Å²) in [7, 11) is 0. The summed E-state index contributed by atoms with van der Waals surface area (Å²) in [4.78, 5) is 4.28. The lowest BCUT2D eigenvalue weighted by molar-refractivity contribution is 0.164. The highest BCUT2D eigenvalue weighted by Crippen LogP contribution is 2.32. The van der Waals surface area contributed by atoms with Crippen LogP contribution in [0.3, 0.4) is 0 Å². The first-order chi connectivity index (χ1) is 9.33. The zero-order valence-corrected chi connectivity index (χ0v) is 12.8. The molecule has 1 aliphatic carbocycles. The zero-order valence-electron chi connectivity index (χ0n) is 12.0. The second-order valence-electron chi connectivity index (χ2n) is 6.21. The maximum atomic E-state index is 3.70. The summed E-state index contributed by atoms with van der Waals surface area (Å²) in [6.07, 6.45) is 8.30. The van der Waals surface area contributed by atoms with E-state index in [1.165, 1.54) is 49.9 Å². The summed E-state index contributed by atoms with van der Waals surface area (Å²) in [5.74, 6) is 0. The van der Waals surface area contributed by atoms with Crippen LogP contribution >= 0.6 is 11.3 Å². The summed E-state index contributed by atoms with van der Waals surface area (Å²) in [6, 6.07) is 6.79. The van der Waals surface area contributed by atoms with Crippen molar-refractivity contribution in [1.29, 1.82) is 0 Å². The largest absolute Gasteiger partial charge is 0.314 e. The third-order valence-electron chi connectivity index (χ3n) is 4.54. The molecule has 1 aromatic heterocycles. The molecule has 1 saturated heterocycles. The second kappa shape index (κ2) is 6.38. The smallest absolute Gasteiger partial charge is 0.0333 e. The maximum Gasteiger partial charge on any atom is 0.0333 e. The fourth-order valence-corrected chi connectivity index (χ4v) is 4.02. The van der Waals surface area contributed by atoms with E-state index >= 15 is 0 Å². The van der Waals surface area contributed by atoms with E-state index in [4.69, 9.17) is 0 Å². The van der Waals surface area contributed by atoms with Crippen molar-refractivity contribution < 1.29 is 0 Å². The second-order valence-corrected chi connectivity index (χ2v) is 7.25. The molecule has 3 rings (SSSR count). The van der Waals surface area contributed by atoms with Crippen LogP contribution in [0, 0.1) is 0 Å². The molecule has 2 unspecified atom stereocenters. The number of thiophene rings is 1. The Morgan fingerprint density at radius 2 is 2.26 bits per heavy atom. The molecule has 0 spiro atoms. The average molecular weight is 278 g/mol. The van der Waals surface area contributed by atoms with Crippen LogP contribution in [-0.2, 0) is 6.54 Å². The third-order valence-corrected chi connectivity index (χ3v) is 5.40. The van der Waals surface area contributed by atoms with Crippen LogP contribution in [-0.4, -0.2) is 29.6 Å². The van der Waals surface area contributed by atoms with E-state index in [0.717, 1.165) is 18.6 Å². The first-order valence-corrected chi connectivity index (χ1v) is 8.72. The fourth-order valence-electron chi connectivity index (χ4n) is 3.31. The van der Waals surface area contributed by atoms with Gasteiger partial charge in [-0.05, 0) is 57.0 Å². The third kappa shape index (κ3) is 3.80. The monoisotopic (exact) mass is 278 g/mol. The maximum absolute atomic E-state index is 3.70. The number of nitrogens with one attached hydrogen (secondary N) is 1. The number of hydrogen-bond acceptors (Lipinski definition) is 3. The number of piperidine rings is 1. The van der Waals surface area contributed by atoms with Crippen molar-refractivity contribution in [2.24, 2.45) is 0 Å². The van der Waals surface area contributed by atoms with E-state index in [0.29, 0.717) is 6.04 Å². The van der Waals surface area contributed by atoms with Crippen molar-refractivity contribution in [1.82, 2.24) is 10.2 Å². The van der Waals surface area contributed by atoms with E-state index in [2.05, 4.69) is 34.7 Å². The normalized spacial score (nSPS) is 25.7. The summed E-state index contributed by atoms with van der Waals surface area (Å²) in [5, 5.41) is 5.90. The van der Waals surface area contributed by atoms with Gasteiger partial charge in [0, 0.05) is 29.5 Å². The Bertz CT molecular complexity index is 366. The van der Waals surface area contributed by atoms with E-state index in [1.54, 1.807) is 0 Å². The van der Waals surface area contributed by atoms with Gasteiger partial charge in [-0.25, -0.2) is 0 Å². The van der Waals surface area contributed by atoms with Gasteiger partial charge in [0.1, 0.15) is 0 Å². The Labute approximate surface area is 121 Å². The van der Waals surface area contributed by atoms with E-state index in [1.807, 2.05) is 11.3 Å². The van der Waals surface area contributed by atoms with Crippen molar-refractivity contribution in [3.8, 4) is 0 Å². The molecule has 0 aromatic carbocycles.